The van der Waals surface area contributed by atoms with Gasteiger partial charge in [0.05, 0.1) is 6.26 Å². The maximum Gasteiger partial charge on any atom is 0.331 e. The third-order valence-electron chi connectivity index (χ3n) is 4.45. The summed E-state index contributed by atoms with van der Waals surface area (Å²) in [4.78, 5) is 22.1. The zero-order valence-corrected chi connectivity index (χ0v) is 16.8. The van der Waals surface area contributed by atoms with Gasteiger partial charge >= 0.3 is 11.9 Å². The molecule has 0 aromatic heterocycles. The van der Waals surface area contributed by atoms with Crippen molar-refractivity contribution in [3.05, 3.63) is 24.0 Å². The minimum absolute atomic E-state index is 0.203. The first-order valence-corrected chi connectivity index (χ1v) is 10.3. The van der Waals surface area contributed by atoms with Crippen molar-refractivity contribution >= 4 is 11.9 Å². The predicted octanol–water partition coefficient (Wildman–Crippen LogP) is 6.56. The molecule has 0 radical (unpaired) electrons. The number of ether oxygens (including phenoxy) is 1. The van der Waals surface area contributed by atoms with Gasteiger partial charge in [0, 0.05) is 12.0 Å². The number of carbonyl (C=O) groups is 2. The van der Waals surface area contributed by atoms with E-state index >= 15 is 0 Å². The van der Waals surface area contributed by atoms with E-state index in [0.29, 0.717) is 6.42 Å². The largest absolute Gasteiger partial charge is 0.478 e. The summed E-state index contributed by atoms with van der Waals surface area (Å²) < 4.78 is 4.92. The number of carboxylic acids is 1. The van der Waals surface area contributed by atoms with E-state index in [1.54, 1.807) is 0 Å². The molecule has 150 valence electrons. The Morgan fingerprint density at radius 2 is 1.27 bits per heavy atom. The second kappa shape index (κ2) is 18.2. The normalized spacial score (nSPS) is 11.8. The van der Waals surface area contributed by atoms with Crippen LogP contribution in [0.4, 0.5) is 0 Å². The van der Waals surface area contributed by atoms with E-state index in [1.807, 2.05) is 0 Å². The van der Waals surface area contributed by atoms with E-state index in [0.717, 1.165) is 12.8 Å². The molecule has 4 heteroatoms. The Bertz CT molecular complexity index is 424. The van der Waals surface area contributed by atoms with Crippen molar-refractivity contribution < 1.29 is 19.4 Å². The molecule has 0 aromatic carbocycles. The van der Waals surface area contributed by atoms with Gasteiger partial charge in [-0.1, -0.05) is 84.0 Å². The van der Waals surface area contributed by atoms with Crippen LogP contribution < -0.4 is 0 Å². The average molecular weight is 367 g/mol. The van der Waals surface area contributed by atoms with E-state index in [-0.39, 0.29) is 11.5 Å². The molecule has 0 aromatic rings. The fourth-order valence-corrected chi connectivity index (χ4v) is 2.72. The van der Waals surface area contributed by atoms with Gasteiger partial charge in [0.1, 0.15) is 0 Å². The van der Waals surface area contributed by atoms with E-state index in [1.165, 1.54) is 96.0 Å². The van der Waals surface area contributed by atoms with Gasteiger partial charge in [-0.2, -0.15) is 0 Å². The number of carbonyl (C=O) groups excluding carboxylic acids is 1. The van der Waals surface area contributed by atoms with E-state index < -0.39 is 5.97 Å². The Balaban J connectivity index is 3.37. The van der Waals surface area contributed by atoms with Gasteiger partial charge in [0.2, 0.25) is 0 Å². The smallest absolute Gasteiger partial charge is 0.331 e. The minimum atomic E-state index is -0.979. The van der Waals surface area contributed by atoms with Gasteiger partial charge in [-0.05, 0) is 25.5 Å². The van der Waals surface area contributed by atoms with Crippen LogP contribution in [0, 0.1) is 0 Å². The van der Waals surface area contributed by atoms with Gasteiger partial charge in [-0.25, -0.2) is 4.79 Å². The highest BCUT2D eigenvalue weighted by Crippen LogP contribution is 2.13. The number of rotatable bonds is 17. The molecule has 0 rings (SSSR count). The number of aliphatic carboxylic acids is 1. The molecule has 1 N–H and O–H groups in total. The summed E-state index contributed by atoms with van der Waals surface area (Å²) in [7, 11) is 0. The Labute approximate surface area is 159 Å². The zero-order chi connectivity index (χ0) is 19.5. The average Bonchev–Trinajstić information content (AvgIpc) is 2.62. The minimum Gasteiger partial charge on any atom is -0.478 e. The lowest BCUT2D eigenvalue weighted by atomic mass is 10.0. The molecule has 0 heterocycles. The van der Waals surface area contributed by atoms with Crippen LogP contribution in [0.5, 0.6) is 0 Å². The number of allylic oxidation sites excluding steroid dienone is 2. The van der Waals surface area contributed by atoms with Crippen molar-refractivity contribution in [3.8, 4) is 0 Å². The SMILES string of the molecule is CCCCCCCCCCCCCCCC(=O)OC=CC=C(C)C(=O)O. The number of hydrogen-bond donors (Lipinski definition) is 1. The van der Waals surface area contributed by atoms with Gasteiger partial charge in [0.25, 0.3) is 0 Å². The van der Waals surface area contributed by atoms with Gasteiger partial charge in [0.15, 0.2) is 0 Å². The molecule has 0 aliphatic rings. The third-order valence-corrected chi connectivity index (χ3v) is 4.45. The molecule has 4 nitrogen and oxygen atoms in total. The van der Waals surface area contributed by atoms with Crippen LogP contribution >= 0.6 is 0 Å². The molecule has 0 aliphatic carbocycles. The van der Waals surface area contributed by atoms with Gasteiger partial charge in [-0.15, -0.1) is 0 Å². The maximum atomic E-state index is 11.5. The molecule has 26 heavy (non-hydrogen) atoms. The Hall–Kier alpha value is -1.58. The molecule has 0 fully saturated rings. The van der Waals surface area contributed by atoms with Crippen LogP contribution in [0.15, 0.2) is 24.0 Å². The molecule has 0 saturated carbocycles. The fraction of sp³-hybridized carbons (Fsp3) is 0.727. The first kappa shape index (κ1) is 24.4. The molecular formula is C22H38O4. The van der Waals surface area contributed by atoms with Gasteiger partial charge < -0.3 is 9.84 Å². The summed E-state index contributed by atoms with van der Waals surface area (Å²) in [5.74, 6) is -1.24. The maximum absolute atomic E-state index is 11.5. The van der Waals surface area contributed by atoms with Crippen molar-refractivity contribution in [2.75, 3.05) is 0 Å². The number of esters is 1. The summed E-state index contributed by atoms with van der Waals surface area (Å²) in [6, 6.07) is 0. The highest BCUT2D eigenvalue weighted by molar-refractivity contribution is 5.86. The summed E-state index contributed by atoms with van der Waals surface area (Å²) in [5, 5.41) is 8.67. The molecule has 0 atom stereocenters. The lowest BCUT2D eigenvalue weighted by Crippen LogP contribution is -1.99. The summed E-state index contributed by atoms with van der Waals surface area (Å²) in [6.07, 6.45) is 21.1. The predicted molar refractivity (Wildman–Crippen MR) is 107 cm³/mol. The zero-order valence-electron chi connectivity index (χ0n) is 16.8. The number of hydrogen-bond acceptors (Lipinski definition) is 3. The summed E-state index contributed by atoms with van der Waals surface area (Å²) >= 11 is 0. The lowest BCUT2D eigenvalue weighted by molar-refractivity contribution is -0.138. The van der Waals surface area contributed by atoms with Crippen LogP contribution in [0.25, 0.3) is 0 Å². The van der Waals surface area contributed by atoms with E-state index in [2.05, 4.69) is 6.92 Å². The van der Waals surface area contributed by atoms with Crippen LogP contribution in [-0.2, 0) is 14.3 Å². The van der Waals surface area contributed by atoms with Crippen LogP contribution in [0.2, 0.25) is 0 Å². The van der Waals surface area contributed by atoms with E-state index in [9.17, 15) is 9.59 Å². The van der Waals surface area contributed by atoms with Crippen LogP contribution in [-0.4, -0.2) is 17.0 Å². The van der Waals surface area contributed by atoms with Crippen LogP contribution in [0.3, 0.4) is 0 Å². The third kappa shape index (κ3) is 17.2. The molecule has 0 amide bonds. The molecule has 0 bridgehead atoms. The topological polar surface area (TPSA) is 63.6 Å². The lowest BCUT2D eigenvalue weighted by Gasteiger charge is -2.03. The highest BCUT2D eigenvalue weighted by Gasteiger charge is 2.01. The van der Waals surface area contributed by atoms with Gasteiger partial charge in [-0.3, -0.25) is 4.79 Å². The molecule has 0 unspecified atom stereocenters. The van der Waals surface area contributed by atoms with Crippen LogP contribution in [0.1, 0.15) is 104 Å². The quantitative estimate of drug-likeness (QED) is 0.104. The Morgan fingerprint density at radius 3 is 1.73 bits per heavy atom. The second-order valence-corrected chi connectivity index (χ2v) is 6.97. The highest BCUT2D eigenvalue weighted by atomic mass is 16.5. The van der Waals surface area contributed by atoms with Crippen molar-refractivity contribution in [3.63, 3.8) is 0 Å². The molecule has 0 aliphatic heterocycles. The molecule has 0 spiro atoms. The van der Waals surface area contributed by atoms with Crippen molar-refractivity contribution in [2.45, 2.75) is 104 Å². The van der Waals surface area contributed by atoms with Crippen molar-refractivity contribution in [1.82, 2.24) is 0 Å². The van der Waals surface area contributed by atoms with E-state index in [4.69, 9.17) is 9.84 Å². The van der Waals surface area contributed by atoms with Crippen molar-refractivity contribution in [2.24, 2.45) is 0 Å². The number of unbranched alkanes of at least 4 members (excludes halogenated alkanes) is 12. The fourth-order valence-electron chi connectivity index (χ4n) is 2.72. The number of carboxylic acid groups (broad SMARTS) is 1. The monoisotopic (exact) mass is 366 g/mol. The summed E-state index contributed by atoms with van der Waals surface area (Å²) in [6.45, 7) is 3.74. The standard InChI is InChI=1S/C22H38O4/c1-3-4-5-6-7-8-9-10-11-12-13-14-15-18-21(23)26-19-16-17-20(2)22(24)25/h16-17,19H,3-15,18H2,1-2H3,(H,24,25). The Kier molecular flexibility index (Phi) is 17.1. The Morgan fingerprint density at radius 1 is 0.808 bits per heavy atom. The molecule has 0 saturated heterocycles. The summed E-state index contributed by atoms with van der Waals surface area (Å²) in [5.41, 5.74) is 0.203. The second-order valence-electron chi connectivity index (χ2n) is 6.97. The van der Waals surface area contributed by atoms with Crippen molar-refractivity contribution in [1.29, 1.82) is 0 Å². The first-order chi connectivity index (χ1) is 12.6. The molecular weight excluding hydrogens is 328 g/mol. The first-order valence-electron chi connectivity index (χ1n) is 10.3.